The second kappa shape index (κ2) is 7.55. The van der Waals surface area contributed by atoms with Crippen molar-refractivity contribution in [3.05, 3.63) is 60.2 Å². The van der Waals surface area contributed by atoms with Crippen molar-refractivity contribution in [2.24, 2.45) is 0 Å². The molecule has 3 aromatic rings. The molecule has 0 bridgehead atoms. The molecule has 1 aliphatic heterocycles. The van der Waals surface area contributed by atoms with Gasteiger partial charge in [0.15, 0.2) is 11.5 Å². The third-order valence-corrected chi connectivity index (χ3v) is 4.31. The Hall–Kier alpha value is -3.25. The second-order valence-corrected chi connectivity index (χ2v) is 6.06. The minimum absolute atomic E-state index is 0.0209. The number of hydrogen-bond acceptors (Lipinski definition) is 6. The van der Waals surface area contributed by atoms with Gasteiger partial charge in [-0.2, -0.15) is 0 Å². The molecule has 0 spiro atoms. The third-order valence-electron chi connectivity index (χ3n) is 4.31. The van der Waals surface area contributed by atoms with Crippen molar-refractivity contribution in [2.75, 3.05) is 25.6 Å². The summed E-state index contributed by atoms with van der Waals surface area (Å²) in [5, 5.41) is 12.4. The number of rotatable bonds is 5. The van der Waals surface area contributed by atoms with Gasteiger partial charge in [-0.3, -0.25) is 0 Å². The smallest absolute Gasteiger partial charge is 0.238 e. The molecular weight excluding hydrogens is 344 g/mol. The van der Waals surface area contributed by atoms with Gasteiger partial charge in [-0.1, -0.05) is 18.2 Å². The molecule has 0 fully saturated rings. The van der Waals surface area contributed by atoms with Gasteiger partial charge in [0.05, 0.1) is 19.4 Å². The molecule has 0 aliphatic carbocycles. The maximum absolute atomic E-state index is 9.15. The molecule has 2 aromatic carbocycles. The first-order valence-corrected chi connectivity index (χ1v) is 8.69. The van der Waals surface area contributed by atoms with Gasteiger partial charge < -0.3 is 24.6 Å². The molecule has 0 radical (unpaired) electrons. The van der Waals surface area contributed by atoms with Gasteiger partial charge in [0, 0.05) is 11.3 Å². The van der Waals surface area contributed by atoms with Crippen LogP contribution in [0, 0.1) is 0 Å². The molecule has 0 saturated carbocycles. The quantitative estimate of drug-likeness (QED) is 0.718. The summed E-state index contributed by atoms with van der Waals surface area (Å²) in [6.45, 7) is 1.09. The average Bonchev–Trinajstić information content (AvgIpc) is 2.74. The van der Waals surface area contributed by atoms with E-state index in [0.717, 1.165) is 33.9 Å². The van der Waals surface area contributed by atoms with Crippen molar-refractivity contribution in [3.63, 3.8) is 0 Å². The highest BCUT2D eigenvalue weighted by molar-refractivity contribution is 5.74. The molecule has 2 N–H and O–H groups in total. The fourth-order valence-corrected chi connectivity index (χ4v) is 2.97. The van der Waals surface area contributed by atoms with Gasteiger partial charge in [0.25, 0.3) is 0 Å². The summed E-state index contributed by atoms with van der Waals surface area (Å²) in [6, 6.07) is 17.1. The van der Waals surface area contributed by atoms with E-state index in [9.17, 15) is 0 Å². The number of aliphatic hydroxyl groups is 1. The minimum Gasteiger partial charge on any atom is -0.486 e. The zero-order valence-electron chi connectivity index (χ0n) is 14.9. The monoisotopic (exact) mass is 364 g/mol. The van der Waals surface area contributed by atoms with Crippen LogP contribution in [-0.2, 0) is 6.61 Å². The van der Waals surface area contributed by atoms with Crippen molar-refractivity contribution >= 4 is 11.4 Å². The number of aliphatic hydroxyl groups excluding tert-OH is 1. The molecule has 1 aliphatic rings. The number of aromatic nitrogens is 1. The second-order valence-electron chi connectivity index (χ2n) is 6.06. The number of fused-ring (bicyclic) bond motifs is 1. The summed E-state index contributed by atoms with van der Waals surface area (Å²) in [7, 11) is 1.59. The molecule has 0 saturated heterocycles. The van der Waals surface area contributed by atoms with Gasteiger partial charge in [0.1, 0.15) is 18.9 Å². The number of pyridine rings is 1. The predicted octanol–water partition coefficient (Wildman–Crippen LogP) is 3.76. The van der Waals surface area contributed by atoms with Crippen LogP contribution in [0.25, 0.3) is 11.3 Å². The molecule has 6 heteroatoms. The number of nitrogens with one attached hydrogen (secondary N) is 1. The zero-order chi connectivity index (χ0) is 18.6. The maximum atomic E-state index is 9.15. The lowest BCUT2D eigenvalue weighted by Crippen LogP contribution is -2.16. The zero-order valence-corrected chi connectivity index (χ0v) is 14.9. The van der Waals surface area contributed by atoms with E-state index < -0.39 is 0 Å². The molecule has 0 amide bonds. The van der Waals surface area contributed by atoms with Crippen LogP contribution >= 0.6 is 0 Å². The molecule has 27 heavy (non-hydrogen) atoms. The lowest BCUT2D eigenvalue weighted by molar-refractivity contribution is 0.172. The van der Waals surface area contributed by atoms with Crippen molar-refractivity contribution in [2.45, 2.75) is 6.61 Å². The number of methoxy groups -OCH3 is 1. The Bertz CT molecular complexity index is 941. The summed E-state index contributed by atoms with van der Waals surface area (Å²) >= 11 is 0. The molecule has 6 nitrogen and oxygen atoms in total. The Labute approximate surface area is 157 Å². The standard InChI is InChI=1S/C21H20N2O4/c1-25-21-18(22-15-7-5-14(13-24)6-8-15)10-9-17(23-21)16-3-2-4-19-20(16)27-12-11-26-19/h2-10,22,24H,11-13H2,1H3. The van der Waals surface area contributed by atoms with E-state index in [2.05, 4.69) is 10.3 Å². The minimum atomic E-state index is 0.0209. The van der Waals surface area contributed by atoms with Gasteiger partial charge >= 0.3 is 0 Å². The van der Waals surface area contributed by atoms with Gasteiger partial charge in [-0.05, 0) is 42.0 Å². The maximum Gasteiger partial charge on any atom is 0.238 e. The highest BCUT2D eigenvalue weighted by atomic mass is 16.6. The number of hydrogen-bond donors (Lipinski definition) is 2. The summed E-state index contributed by atoms with van der Waals surface area (Å²) in [6.07, 6.45) is 0. The third kappa shape index (κ3) is 3.52. The van der Waals surface area contributed by atoms with Gasteiger partial charge in [-0.15, -0.1) is 0 Å². The molecular formula is C21H20N2O4. The van der Waals surface area contributed by atoms with Crippen LogP contribution < -0.4 is 19.5 Å². The first-order chi connectivity index (χ1) is 13.3. The van der Waals surface area contributed by atoms with E-state index in [-0.39, 0.29) is 6.61 Å². The fourth-order valence-electron chi connectivity index (χ4n) is 2.97. The van der Waals surface area contributed by atoms with E-state index in [4.69, 9.17) is 19.3 Å². The van der Waals surface area contributed by atoms with Crippen LogP contribution in [-0.4, -0.2) is 30.4 Å². The van der Waals surface area contributed by atoms with E-state index in [0.29, 0.717) is 24.8 Å². The number of para-hydroxylation sites is 1. The van der Waals surface area contributed by atoms with E-state index in [1.54, 1.807) is 7.11 Å². The highest BCUT2D eigenvalue weighted by Crippen LogP contribution is 2.40. The Morgan fingerprint density at radius 3 is 2.63 bits per heavy atom. The fraction of sp³-hybridized carbons (Fsp3) is 0.190. The van der Waals surface area contributed by atoms with E-state index in [1.165, 1.54) is 0 Å². The Morgan fingerprint density at radius 1 is 1.04 bits per heavy atom. The lowest BCUT2D eigenvalue weighted by Gasteiger charge is -2.21. The van der Waals surface area contributed by atoms with Crippen molar-refractivity contribution in [1.82, 2.24) is 4.98 Å². The number of nitrogens with zero attached hydrogens (tertiary/aromatic N) is 1. The summed E-state index contributed by atoms with van der Waals surface area (Å²) in [5.74, 6) is 1.91. The van der Waals surface area contributed by atoms with Crippen LogP contribution in [0.1, 0.15) is 5.56 Å². The Morgan fingerprint density at radius 2 is 1.85 bits per heavy atom. The largest absolute Gasteiger partial charge is 0.486 e. The summed E-state index contributed by atoms with van der Waals surface area (Å²) in [4.78, 5) is 4.64. The van der Waals surface area contributed by atoms with Crippen LogP contribution in [0.4, 0.5) is 11.4 Å². The summed E-state index contributed by atoms with van der Waals surface area (Å²) in [5.41, 5.74) is 4.10. The van der Waals surface area contributed by atoms with Crippen LogP contribution in [0.2, 0.25) is 0 Å². The van der Waals surface area contributed by atoms with Crippen molar-refractivity contribution in [3.8, 4) is 28.6 Å². The lowest BCUT2D eigenvalue weighted by atomic mass is 10.1. The number of benzene rings is 2. The highest BCUT2D eigenvalue weighted by Gasteiger charge is 2.18. The van der Waals surface area contributed by atoms with Gasteiger partial charge in [0.2, 0.25) is 5.88 Å². The average molecular weight is 364 g/mol. The van der Waals surface area contributed by atoms with Gasteiger partial charge in [-0.25, -0.2) is 4.98 Å². The normalized spacial score (nSPS) is 12.5. The topological polar surface area (TPSA) is 72.8 Å². The predicted molar refractivity (Wildman–Crippen MR) is 103 cm³/mol. The molecule has 4 rings (SSSR count). The molecule has 138 valence electrons. The van der Waals surface area contributed by atoms with E-state index >= 15 is 0 Å². The summed E-state index contributed by atoms with van der Waals surface area (Å²) < 4.78 is 16.9. The first kappa shape index (κ1) is 17.2. The molecule has 0 atom stereocenters. The Balaban J connectivity index is 1.65. The van der Waals surface area contributed by atoms with Crippen molar-refractivity contribution in [1.29, 1.82) is 0 Å². The number of anilines is 2. The van der Waals surface area contributed by atoms with Crippen LogP contribution in [0.3, 0.4) is 0 Å². The van der Waals surface area contributed by atoms with Crippen molar-refractivity contribution < 1.29 is 19.3 Å². The molecule has 0 unspecified atom stereocenters. The first-order valence-electron chi connectivity index (χ1n) is 8.69. The number of ether oxygens (including phenoxy) is 3. The SMILES string of the molecule is COc1nc(-c2cccc3c2OCCO3)ccc1Nc1ccc(CO)cc1. The van der Waals surface area contributed by atoms with E-state index in [1.807, 2.05) is 54.6 Å². The van der Waals surface area contributed by atoms with Crippen LogP contribution in [0.5, 0.6) is 17.4 Å². The molecule has 1 aromatic heterocycles. The van der Waals surface area contributed by atoms with Crippen LogP contribution in [0.15, 0.2) is 54.6 Å². The molecule has 2 heterocycles. The Kier molecular flexibility index (Phi) is 4.80.